The Morgan fingerprint density at radius 3 is 2.39 bits per heavy atom. The first-order valence-electron chi connectivity index (χ1n) is 7.12. The molecule has 1 aliphatic rings. The molecule has 0 fully saturated rings. The van der Waals surface area contributed by atoms with Crippen LogP contribution in [0.1, 0.15) is 0 Å². The number of nitrogens with one attached hydrogen (secondary N) is 1. The topological polar surface area (TPSA) is 66.0 Å². The smallest absolute Gasteiger partial charge is 0.269 e. The van der Waals surface area contributed by atoms with Crippen LogP contribution in [0.4, 0.5) is 5.69 Å². The van der Waals surface area contributed by atoms with Gasteiger partial charge in [-0.3, -0.25) is 4.79 Å². The molecule has 1 atom stereocenters. The number of carbonyl (C=O) groups is 1. The molecule has 1 amide bonds. The lowest BCUT2D eigenvalue weighted by atomic mass is 10.2. The van der Waals surface area contributed by atoms with E-state index in [1.165, 1.54) is 0 Å². The monoisotopic (exact) mass is 315 g/mol. The number of methoxy groups -OCH3 is 2. The summed E-state index contributed by atoms with van der Waals surface area (Å²) >= 11 is 0. The molecule has 0 aromatic heterocycles. The number of rotatable bonds is 4. The van der Waals surface area contributed by atoms with Crippen LogP contribution in [-0.2, 0) is 4.79 Å². The van der Waals surface area contributed by atoms with Gasteiger partial charge >= 0.3 is 0 Å². The van der Waals surface area contributed by atoms with E-state index >= 15 is 0 Å². The van der Waals surface area contributed by atoms with Gasteiger partial charge in [0.25, 0.3) is 5.91 Å². The molecule has 6 heteroatoms. The molecule has 1 N–H and O–H groups in total. The Hall–Kier alpha value is -2.89. The van der Waals surface area contributed by atoms with E-state index in [1.807, 2.05) is 12.1 Å². The number of benzene rings is 2. The van der Waals surface area contributed by atoms with Crippen molar-refractivity contribution < 1.29 is 23.7 Å². The standard InChI is InChI=1S/C17H17NO5/c1-20-12-7-11(8-13(9-12)21-2)18-17(19)16-10-22-14-5-3-4-6-15(14)23-16/h3-9,16H,10H2,1-2H3,(H,18,19)/t16-/m1/s1. The Labute approximate surface area is 133 Å². The van der Waals surface area contributed by atoms with E-state index < -0.39 is 6.10 Å². The summed E-state index contributed by atoms with van der Waals surface area (Å²) in [6, 6.07) is 12.4. The second-order valence-corrected chi connectivity index (χ2v) is 4.95. The molecule has 0 spiro atoms. The van der Waals surface area contributed by atoms with E-state index in [0.717, 1.165) is 0 Å². The fourth-order valence-electron chi connectivity index (χ4n) is 2.25. The number of fused-ring (bicyclic) bond motifs is 1. The van der Waals surface area contributed by atoms with Crippen LogP contribution in [0.15, 0.2) is 42.5 Å². The SMILES string of the molecule is COc1cc(NC(=O)[C@H]2COc3ccccc3O2)cc(OC)c1. The quantitative estimate of drug-likeness (QED) is 0.939. The molecule has 2 aromatic rings. The highest BCUT2D eigenvalue weighted by Gasteiger charge is 2.27. The predicted molar refractivity (Wildman–Crippen MR) is 84.5 cm³/mol. The molecule has 3 rings (SSSR count). The fourth-order valence-corrected chi connectivity index (χ4v) is 2.25. The van der Waals surface area contributed by atoms with Gasteiger partial charge in [-0.25, -0.2) is 0 Å². The number of amides is 1. The van der Waals surface area contributed by atoms with Gasteiger partial charge in [0.1, 0.15) is 18.1 Å². The number of hydrogen-bond acceptors (Lipinski definition) is 5. The molecule has 0 aliphatic carbocycles. The normalized spacial score (nSPS) is 15.7. The molecule has 0 saturated heterocycles. The zero-order valence-corrected chi connectivity index (χ0v) is 12.9. The van der Waals surface area contributed by atoms with Crippen LogP contribution in [0, 0.1) is 0 Å². The van der Waals surface area contributed by atoms with E-state index in [1.54, 1.807) is 44.6 Å². The maximum atomic E-state index is 12.4. The summed E-state index contributed by atoms with van der Waals surface area (Å²) in [7, 11) is 3.10. The van der Waals surface area contributed by atoms with Crippen LogP contribution < -0.4 is 24.3 Å². The second-order valence-electron chi connectivity index (χ2n) is 4.95. The number of para-hydroxylation sites is 2. The molecular weight excluding hydrogens is 298 g/mol. The van der Waals surface area contributed by atoms with E-state index in [9.17, 15) is 4.79 Å². The lowest BCUT2D eigenvalue weighted by molar-refractivity contribution is -0.125. The highest BCUT2D eigenvalue weighted by molar-refractivity contribution is 5.95. The molecule has 0 bridgehead atoms. The van der Waals surface area contributed by atoms with Gasteiger partial charge in [0.15, 0.2) is 11.5 Å². The minimum atomic E-state index is -0.720. The van der Waals surface area contributed by atoms with Crippen LogP contribution in [0.2, 0.25) is 0 Å². The van der Waals surface area contributed by atoms with Crippen molar-refractivity contribution in [2.75, 3.05) is 26.1 Å². The third kappa shape index (κ3) is 3.31. The van der Waals surface area contributed by atoms with Crippen molar-refractivity contribution >= 4 is 11.6 Å². The molecule has 0 radical (unpaired) electrons. The minimum absolute atomic E-state index is 0.157. The van der Waals surface area contributed by atoms with Crippen LogP contribution in [0.5, 0.6) is 23.0 Å². The summed E-state index contributed by atoms with van der Waals surface area (Å²) in [5.74, 6) is 2.08. The summed E-state index contributed by atoms with van der Waals surface area (Å²) in [5.41, 5.74) is 0.564. The highest BCUT2D eigenvalue weighted by Crippen LogP contribution is 2.31. The first-order valence-corrected chi connectivity index (χ1v) is 7.12. The number of carbonyl (C=O) groups excluding carboxylic acids is 1. The zero-order valence-electron chi connectivity index (χ0n) is 12.9. The second kappa shape index (κ2) is 6.48. The van der Waals surface area contributed by atoms with Crippen molar-refractivity contribution in [2.45, 2.75) is 6.10 Å². The molecule has 23 heavy (non-hydrogen) atoms. The zero-order chi connectivity index (χ0) is 16.2. The van der Waals surface area contributed by atoms with Crippen LogP contribution in [-0.4, -0.2) is 32.8 Å². The third-order valence-corrected chi connectivity index (χ3v) is 3.42. The fraction of sp³-hybridized carbons (Fsp3) is 0.235. The van der Waals surface area contributed by atoms with Gasteiger partial charge in [-0.1, -0.05) is 12.1 Å². The first-order chi connectivity index (χ1) is 11.2. The molecule has 120 valence electrons. The van der Waals surface area contributed by atoms with Crippen molar-refractivity contribution in [2.24, 2.45) is 0 Å². The highest BCUT2D eigenvalue weighted by atomic mass is 16.6. The summed E-state index contributed by atoms with van der Waals surface area (Å²) < 4.78 is 21.6. The summed E-state index contributed by atoms with van der Waals surface area (Å²) in [6.07, 6.45) is -0.720. The summed E-state index contributed by atoms with van der Waals surface area (Å²) in [5, 5.41) is 2.79. The molecule has 6 nitrogen and oxygen atoms in total. The van der Waals surface area contributed by atoms with E-state index in [-0.39, 0.29) is 12.5 Å². The average Bonchev–Trinajstić information content (AvgIpc) is 2.60. The molecular formula is C17H17NO5. The van der Waals surface area contributed by atoms with Crippen molar-refractivity contribution in [3.05, 3.63) is 42.5 Å². The predicted octanol–water partition coefficient (Wildman–Crippen LogP) is 2.48. The lowest BCUT2D eigenvalue weighted by Crippen LogP contribution is -2.40. The number of anilines is 1. The largest absolute Gasteiger partial charge is 0.497 e. The van der Waals surface area contributed by atoms with Crippen LogP contribution in [0.3, 0.4) is 0 Å². The van der Waals surface area contributed by atoms with E-state index in [4.69, 9.17) is 18.9 Å². The number of ether oxygens (including phenoxy) is 4. The van der Waals surface area contributed by atoms with Crippen molar-refractivity contribution in [3.63, 3.8) is 0 Å². The Morgan fingerprint density at radius 2 is 1.74 bits per heavy atom. The Balaban J connectivity index is 1.73. The third-order valence-electron chi connectivity index (χ3n) is 3.42. The van der Waals surface area contributed by atoms with Gasteiger partial charge in [0, 0.05) is 23.9 Å². The van der Waals surface area contributed by atoms with Crippen molar-refractivity contribution in [1.29, 1.82) is 0 Å². The summed E-state index contributed by atoms with van der Waals surface area (Å²) in [4.78, 5) is 12.4. The van der Waals surface area contributed by atoms with Crippen LogP contribution in [0.25, 0.3) is 0 Å². The average molecular weight is 315 g/mol. The van der Waals surface area contributed by atoms with Gasteiger partial charge in [-0.2, -0.15) is 0 Å². The van der Waals surface area contributed by atoms with Crippen molar-refractivity contribution in [1.82, 2.24) is 0 Å². The van der Waals surface area contributed by atoms with Gasteiger partial charge in [-0.05, 0) is 12.1 Å². The number of hydrogen-bond donors (Lipinski definition) is 1. The Morgan fingerprint density at radius 1 is 1.09 bits per heavy atom. The van der Waals surface area contributed by atoms with E-state index in [2.05, 4.69) is 5.32 Å². The van der Waals surface area contributed by atoms with Crippen LogP contribution >= 0.6 is 0 Å². The van der Waals surface area contributed by atoms with E-state index in [0.29, 0.717) is 28.7 Å². The maximum Gasteiger partial charge on any atom is 0.269 e. The Kier molecular flexibility index (Phi) is 4.23. The van der Waals surface area contributed by atoms with Gasteiger partial charge < -0.3 is 24.3 Å². The van der Waals surface area contributed by atoms with Gasteiger partial charge in [-0.15, -0.1) is 0 Å². The van der Waals surface area contributed by atoms with Gasteiger partial charge in [0.2, 0.25) is 6.10 Å². The summed E-state index contributed by atoms with van der Waals surface area (Å²) in [6.45, 7) is 0.157. The molecule has 0 unspecified atom stereocenters. The molecule has 1 aliphatic heterocycles. The van der Waals surface area contributed by atoms with Gasteiger partial charge in [0.05, 0.1) is 14.2 Å². The molecule has 0 saturated carbocycles. The van der Waals surface area contributed by atoms with Crippen molar-refractivity contribution in [3.8, 4) is 23.0 Å². The first kappa shape index (κ1) is 15.0. The molecule has 1 heterocycles. The molecule has 2 aromatic carbocycles. The lowest BCUT2D eigenvalue weighted by Gasteiger charge is -2.25. The Bertz CT molecular complexity index is 694. The minimum Gasteiger partial charge on any atom is -0.497 e. The maximum absolute atomic E-state index is 12.4.